The number of imidazole rings is 1. The molecule has 0 unspecified atom stereocenters. The predicted octanol–water partition coefficient (Wildman–Crippen LogP) is 8.29. The molecule has 6 rings (SSSR count). The number of benzene rings is 3. The maximum Gasteiger partial charge on any atom is 0.180 e. The predicted molar refractivity (Wildman–Crippen MR) is 163 cm³/mol. The largest absolute Gasteiger partial charge is 0.474 e. The van der Waals surface area contributed by atoms with Crippen molar-refractivity contribution in [2.45, 2.75) is 58.1 Å². The molecular weight excluding hydrogens is 492 g/mol. The number of nitrogens with one attached hydrogen (secondary N) is 1. The van der Waals surface area contributed by atoms with Crippen LogP contribution in [0.15, 0.2) is 104 Å². The molecule has 0 saturated heterocycles. The van der Waals surface area contributed by atoms with Gasteiger partial charge < -0.3 is 10.1 Å². The molecule has 0 atom stereocenters. The first-order valence-corrected chi connectivity index (χ1v) is 14.0. The molecule has 2 aromatic heterocycles. The van der Waals surface area contributed by atoms with Crippen LogP contribution in [-0.2, 0) is 10.3 Å². The standard InChI is InChI=1S/C35H36N4O/c1-24-12-14-27(15-13-24)31-23-36-32-22-30(26-10-7-6-8-11-26)33(38-39(31)32)28-16-18-29(19-17-28)35(20-9-21-35)37-25(2)40-34(3,4)5/h6-8,10-19,22-23,37H,2,9,20-21H2,1,3-5H3. The average Bonchev–Trinajstić information content (AvgIpc) is 3.33. The minimum atomic E-state index is -0.290. The molecular formula is C35H36N4O. The lowest BCUT2D eigenvalue weighted by atomic mass is 9.71. The van der Waals surface area contributed by atoms with Crippen LogP contribution in [0.5, 0.6) is 0 Å². The Kier molecular flexibility index (Phi) is 6.46. The second-order valence-electron chi connectivity index (χ2n) is 11.8. The highest BCUT2D eigenvalue weighted by Crippen LogP contribution is 2.43. The molecule has 1 saturated carbocycles. The quantitative estimate of drug-likeness (QED) is 0.216. The molecule has 0 aliphatic heterocycles. The van der Waals surface area contributed by atoms with Crippen molar-refractivity contribution in [1.82, 2.24) is 19.9 Å². The third-order valence-electron chi connectivity index (χ3n) is 7.65. The molecule has 0 bridgehead atoms. The molecule has 202 valence electrons. The maximum absolute atomic E-state index is 6.01. The van der Waals surface area contributed by atoms with E-state index in [0.29, 0.717) is 5.88 Å². The first kappa shape index (κ1) is 25.9. The highest BCUT2D eigenvalue weighted by Gasteiger charge is 2.39. The summed E-state index contributed by atoms with van der Waals surface area (Å²) in [7, 11) is 0. The van der Waals surface area contributed by atoms with E-state index in [-0.39, 0.29) is 11.1 Å². The smallest absolute Gasteiger partial charge is 0.180 e. The second-order valence-corrected chi connectivity index (χ2v) is 11.8. The summed E-state index contributed by atoms with van der Waals surface area (Å²) in [6.45, 7) is 12.4. The number of aromatic nitrogens is 3. The number of ether oxygens (including phenoxy) is 1. The van der Waals surface area contributed by atoms with E-state index >= 15 is 0 Å². The van der Waals surface area contributed by atoms with Crippen molar-refractivity contribution in [3.05, 3.63) is 115 Å². The van der Waals surface area contributed by atoms with Gasteiger partial charge in [0.1, 0.15) is 5.60 Å². The number of fused-ring (bicyclic) bond motifs is 1. The van der Waals surface area contributed by atoms with E-state index in [1.54, 1.807) is 0 Å². The average molecular weight is 529 g/mol. The Balaban J connectivity index is 1.41. The van der Waals surface area contributed by atoms with Gasteiger partial charge in [-0.25, -0.2) is 9.50 Å². The number of hydrogen-bond acceptors (Lipinski definition) is 4. The molecule has 0 amide bonds. The number of aryl methyl sites for hydroxylation is 1. The minimum absolute atomic E-state index is 0.149. The van der Waals surface area contributed by atoms with Gasteiger partial charge in [-0.15, -0.1) is 0 Å². The SMILES string of the molecule is C=C(NC1(c2ccc(-c3nn4c(-c5ccc(C)cc5)cnc4cc3-c3ccccc3)cc2)CCC1)OC(C)(C)C. The van der Waals surface area contributed by atoms with Crippen molar-refractivity contribution in [2.75, 3.05) is 0 Å². The Labute approximate surface area is 236 Å². The van der Waals surface area contributed by atoms with E-state index in [1.165, 1.54) is 17.5 Å². The van der Waals surface area contributed by atoms with Crippen molar-refractivity contribution in [2.24, 2.45) is 0 Å². The zero-order chi connectivity index (χ0) is 27.9. The topological polar surface area (TPSA) is 51.5 Å². The molecule has 1 N–H and O–H groups in total. The fourth-order valence-corrected chi connectivity index (χ4v) is 5.51. The second kappa shape index (κ2) is 9.98. The number of nitrogens with zero attached hydrogens (tertiary/aromatic N) is 3. The van der Waals surface area contributed by atoms with Gasteiger partial charge in [0.05, 0.1) is 23.1 Å². The third kappa shape index (κ3) is 5.00. The molecule has 0 radical (unpaired) electrons. The molecule has 2 heterocycles. The van der Waals surface area contributed by atoms with Crippen LogP contribution in [0.25, 0.3) is 39.3 Å². The van der Waals surface area contributed by atoms with E-state index in [2.05, 4.69) is 97.7 Å². The fourth-order valence-electron chi connectivity index (χ4n) is 5.51. The van der Waals surface area contributed by atoms with Gasteiger partial charge in [0.25, 0.3) is 0 Å². The summed E-state index contributed by atoms with van der Waals surface area (Å²) in [5, 5.41) is 8.80. The molecule has 0 spiro atoms. The Morgan fingerprint density at radius 2 is 1.57 bits per heavy atom. The number of rotatable bonds is 7. The van der Waals surface area contributed by atoms with E-state index in [1.807, 2.05) is 37.5 Å². The first-order valence-electron chi connectivity index (χ1n) is 14.0. The van der Waals surface area contributed by atoms with Gasteiger partial charge in [0.15, 0.2) is 11.5 Å². The molecule has 5 heteroatoms. The lowest BCUT2D eigenvalue weighted by Crippen LogP contribution is -2.48. The highest BCUT2D eigenvalue weighted by atomic mass is 16.5. The van der Waals surface area contributed by atoms with Crippen LogP contribution in [0.3, 0.4) is 0 Å². The lowest BCUT2D eigenvalue weighted by molar-refractivity contribution is 0.0220. The Hall–Kier alpha value is -4.38. The van der Waals surface area contributed by atoms with Crippen molar-refractivity contribution in [3.63, 3.8) is 0 Å². The van der Waals surface area contributed by atoms with Crippen LogP contribution >= 0.6 is 0 Å². The van der Waals surface area contributed by atoms with Crippen molar-refractivity contribution in [1.29, 1.82) is 0 Å². The van der Waals surface area contributed by atoms with Crippen LogP contribution in [0, 0.1) is 6.92 Å². The normalized spacial score (nSPS) is 14.5. The summed E-state index contributed by atoms with van der Waals surface area (Å²) in [4.78, 5) is 4.73. The van der Waals surface area contributed by atoms with Crippen molar-refractivity contribution in [3.8, 4) is 33.6 Å². The molecule has 3 aromatic carbocycles. The van der Waals surface area contributed by atoms with E-state index < -0.39 is 0 Å². The van der Waals surface area contributed by atoms with Crippen molar-refractivity contribution >= 4 is 5.65 Å². The molecule has 1 aliphatic carbocycles. The molecule has 1 fully saturated rings. The summed E-state index contributed by atoms with van der Waals surface area (Å²) < 4.78 is 7.97. The van der Waals surface area contributed by atoms with Crippen LogP contribution in [0.1, 0.15) is 51.2 Å². The zero-order valence-corrected chi connectivity index (χ0v) is 23.7. The van der Waals surface area contributed by atoms with Gasteiger partial charge in [0, 0.05) is 16.7 Å². The summed E-state index contributed by atoms with van der Waals surface area (Å²) in [5.41, 5.74) is 9.08. The summed E-state index contributed by atoms with van der Waals surface area (Å²) in [5.74, 6) is 0.624. The molecule has 5 nitrogen and oxygen atoms in total. The van der Waals surface area contributed by atoms with Gasteiger partial charge >= 0.3 is 0 Å². The van der Waals surface area contributed by atoms with Crippen LogP contribution in [-0.4, -0.2) is 20.2 Å². The van der Waals surface area contributed by atoms with Gasteiger partial charge in [-0.2, -0.15) is 5.10 Å². The minimum Gasteiger partial charge on any atom is -0.474 e. The fraction of sp³-hybridized carbons (Fsp3) is 0.257. The summed E-state index contributed by atoms with van der Waals surface area (Å²) in [6.07, 6.45) is 5.18. The van der Waals surface area contributed by atoms with Gasteiger partial charge in [0.2, 0.25) is 0 Å². The zero-order valence-electron chi connectivity index (χ0n) is 23.7. The Morgan fingerprint density at radius 3 is 2.20 bits per heavy atom. The van der Waals surface area contributed by atoms with Crippen LogP contribution in [0.2, 0.25) is 0 Å². The van der Waals surface area contributed by atoms with Crippen LogP contribution in [0.4, 0.5) is 0 Å². The highest BCUT2D eigenvalue weighted by molar-refractivity contribution is 5.83. The summed E-state index contributed by atoms with van der Waals surface area (Å²) in [6, 6.07) is 29.9. The molecule has 5 aromatic rings. The first-order chi connectivity index (χ1) is 19.2. The molecule has 40 heavy (non-hydrogen) atoms. The lowest BCUT2D eigenvalue weighted by Gasteiger charge is -2.44. The van der Waals surface area contributed by atoms with Crippen LogP contribution < -0.4 is 5.32 Å². The molecule has 1 aliphatic rings. The van der Waals surface area contributed by atoms with Crippen molar-refractivity contribution < 1.29 is 4.74 Å². The summed E-state index contributed by atoms with van der Waals surface area (Å²) >= 11 is 0. The number of hydrogen-bond donors (Lipinski definition) is 1. The Morgan fingerprint density at radius 1 is 0.900 bits per heavy atom. The van der Waals surface area contributed by atoms with E-state index in [4.69, 9.17) is 14.8 Å². The Bertz CT molecular complexity index is 1660. The van der Waals surface area contributed by atoms with Gasteiger partial charge in [-0.1, -0.05) is 84.4 Å². The van der Waals surface area contributed by atoms with Gasteiger partial charge in [-0.05, 0) is 70.7 Å². The van der Waals surface area contributed by atoms with E-state index in [9.17, 15) is 0 Å². The van der Waals surface area contributed by atoms with Gasteiger partial charge in [-0.3, -0.25) is 0 Å². The monoisotopic (exact) mass is 528 g/mol. The van der Waals surface area contributed by atoms with E-state index in [0.717, 1.165) is 52.1 Å². The third-order valence-corrected chi connectivity index (χ3v) is 7.65. The maximum atomic E-state index is 6.01.